The molecule has 70 valence electrons. The molecular weight excluding hydrogens is 196 g/mol. The van der Waals surface area contributed by atoms with E-state index in [-0.39, 0.29) is 6.10 Å². The van der Waals surface area contributed by atoms with Crippen LogP contribution < -0.4 is 10.1 Å². The number of nitriles is 1. The molecule has 0 saturated heterocycles. The van der Waals surface area contributed by atoms with E-state index in [2.05, 4.69) is 11.4 Å². The van der Waals surface area contributed by atoms with Gasteiger partial charge in [0.25, 0.3) is 0 Å². The van der Waals surface area contributed by atoms with Crippen LogP contribution in [0.3, 0.4) is 0 Å². The Hall–Kier alpha value is -1.60. The van der Waals surface area contributed by atoms with Gasteiger partial charge in [0.05, 0.1) is 17.3 Å². The SMILES string of the molecule is CC1Oc2ccc(C#N)cc2NC1=S. The summed E-state index contributed by atoms with van der Waals surface area (Å²) < 4.78 is 5.53. The molecule has 1 aliphatic heterocycles. The summed E-state index contributed by atoms with van der Waals surface area (Å²) in [4.78, 5) is 0.646. The Morgan fingerprint density at radius 2 is 2.36 bits per heavy atom. The number of nitrogens with one attached hydrogen (secondary N) is 1. The van der Waals surface area contributed by atoms with Gasteiger partial charge in [-0.15, -0.1) is 0 Å². The number of thiocarbonyl (C=S) groups is 1. The van der Waals surface area contributed by atoms with E-state index in [1.807, 2.05) is 6.92 Å². The van der Waals surface area contributed by atoms with Crippen molar-refractivity contribution >= 4 is 22.9 Å². The van der Waals surface area contributed by atoms with Crippen molar-refractivity contribution in [3.05, 3.63) is 23.8 Å². The van der Waals surface area contributed by atoms with Crippen molar-refractivity contribution in [2.45, 2.75) is 13.0 Å². The van der Waals surface area contributed by atoms with Crippen molar-refractivity contribution in [3.63, 3.8) is 0 Å². The molecule has 0 saturated carbocycles. The molecule has 1 heterocycles. The summed E-state index contributed by atoms with van der Waals surface area (Å²) in [5.74, 6) is 0.741. The number of benzene rings is 1. The second kappa shape index (κ2) is 3.28. The predicted molar refractivity (Wildman–Crippen MR) is 57.5 cm³/mol. The van der Waals surface area contributed by atoms with Crippen LogP contribution in [0.4, 0.5) is 5.69 Å². The van der Waals surface area contributed by atoms with Crippen LogP contribution in [0.1, 0.15) is 12.5 Å². The topological polar surface area (TPSA) is 45.0 Å². The highest BCUT2D eigenvalue weighted by Crippen LogP contribution is 2.30. The minimum Gasteiger partial charge on any atom is -0.481 e. The van der Waals surface area contributed by atoms with Gasteiger partial charge in [-0.05, 0) is 25.1 Å². The molecular formula is C10H8N2OS. The number of hydrogen-bond donors (Lipinski definition) is 1. The van der Waals surface area contributed by atoms with Crippen LogP contribution in [-0.4, -0.2) is 11.1 Å². The first kappa shape index (κ1) is 8.97. The lowest BCUT2D eigenvalue weighted by Crippen LogP contribution is -2.32. The molecule has 0 radical (unpaired) electrons. The molecule has 3 nitrogen and oxygen atoms in total. The van der Waals surface area contributed by atoms with Gasteiger partial charge in [0.1, 0.15) is 16.8 Å². The summed E-state index contributed by atoms with van der Waals surface area (Å²) in [5.41, 5.74) is 1.37. The van der Waals surface area contributed by atoms with Crippen LogP contribution in [0.2, 0.25) is 0 Å². The smallest absolute Gasteiger partial charge is 0.146 e. The minimum absolute atomic E-state index is 0.106. The molecule has 14 heavy (non-hydrogen) atoms. The molecule has 2 rings (SSSR count). The van der Waals surface area contributed by atoms with Gasteiger partial charge < -0.3 is 10.1 Å². The summed E-state index contributed by atoms with van der Waals surface area (Å²) in [6.45, 7) is 1.89. The first-order valence-corrected chi connectivity index (χ1v) is 4.63. The normalized spacial score (nSPS) is 18.9. The molecule has 0 spiro atoms. The quantitative estimate of drug-likeness (QED) is 0.657. The fraction of sp³-hybridized carbons (Fsp3) is 0.200. The van der Waals surface area contributed by atoms with E-state index < -0.39 is 0 Å². The summed E-state index contributed by atoms with van der Waals surface area (Å²) in [6, 6.07) is 7.29. The predicted octanol–water partition coefficient (Wildman–Crippen LogP) is 2.08. The Balaban J connectivity index is 2.44. The molecule has 1 aliphatic rings. The van der Waals surface area contributed by atoms with Crippen molar-refractivity contribution in [1.82, 2.24) is 0 Å². The van der Waals surface area contributed by atoms with E-state index in [0.717, 1.165) is 11.4 Å². The third-order valence-electron chi connectivity index (χ3n) is 2.04. The molecule has 1 N–H and O–H groups in total. The molecule has 0 aromatic heterocycles. The molecule has 4 heteroatoms. The van der Waals surface area contributed by atoms with Crippen molar-refractivity contribution in [3.8, 4) is 11.8 Å². The summed E-state index contributed by atoms with van der Waals surface area (Å²) in [7, 11) is 0. The first-order chi connectivity index (χ1) is 6.70. The number of anilines is 1. The monoisotopic (exact) mass is 204 g/mol. The van der Waals surface area contributed by atoms with Crippen LogP contribution >= 0.6 is 12.2 Å². The Morgan fingerprint density at radius 3 is 3.07 bits per heavy atom. The fourth-order valence-electron chi connectivity index (χ4n) is 1.28. The maximum Gasteiger partial charge on any atom is 0.146 e. The summed E-state index contributed by atoms with van der Waals surface area (Å²) in [5, 5.41) is 11.7. The van der Waals surface area contributed by atoms with Crippen LogP contribution in [0.15, 0.2) is 18.2 Å². The molecule has 0 bridgehead atoms. The zero-order valence-corrected chi connectivity index (χ0v) is 8.39. The third kappa shape index (κ3) is 1.42. The van der Waals surface area contributed by atoms with Gasteiger partial charge in [0, 0.05) is 0 Å². The van der Waals surface area contributed by atoms with Crippen LogP contribution in [0, 0.1) is 11.3 Å². The van der Waals surface area contributed by atoms with E-state index in [9.17, 15) is 0 Å². The van der Waals surface area contributed by atoms with Crippen molar-refractivity contribution < 1.29 is 4.74 Å². The summed E-state index contributed by atoms with van der Waals surface area (Å²) in [6.07, 6.45) is -0.106. The number of nitrogens with zero attached hydrogens (tertiary/aromatic N) is 1. The minimum atomic E-state index is -0.106. The molecule has 0 aliphatic carbocycles. The zero-order valence-electron chi connectivity index (χ0n) is 7.57. The van der Waals surface area contributed by atoms with Gasteiger partial charge in [-0.1, -0.05) is 12.2 Å². The number of ether oxygens (including phenoxy) is 1. The highest BCUT2D eigenvalue weighted by atomic mass is 32.1. The molecule has 1 aromatic carbocycles. The molecule has 1 atom stereocenters. The van der Waals surface area contributed by atoms with Crippen molar-refractivity contribution in [2.75, 3.05) is 5.32 Å². The van der Waals surface area contributed by atoms with E-state index in [4.69, 9.17) is 22.2 Å². The van der Waals surface area contributed by atoms with Gasteiger partial charge >= 0.3 is 0 Å². The lowest BCUT2D eigenvalue weighted by molar-refractivity contribution is 0.286. The lowest BCUT2D eigenvalue weighted by Gasteiger charge is -2.25. The number of hydrogen-bond acceptors (Lipinski definition) is 3. The van der Waals surface area contributed by atoms with E-state index in [0.29, 0.717) is 10.6 Å². The van der Waals surface area contributed by atoms with Crippen LogP contribution in [0.25, 0.3) is 0 Å². The average Bonchev–Trinajstić information content (AvgIpc) is 2.19. The van der Waals surface area contributed by atoms with Gasteiger partial charge in [0.15, 0.2) is 0 Å². The van der Waals surface area contributed by atoms with Gasteiger partial charge in [-0.3, -0.25) is 0 Å². The van der Waals surface area contributed by atoms with E-state index >= 15 is 0 Å². The maximum absolute atomic E-state index is 8.71. The second-order valence-corrected chi connectivity index (χ2v) is 3.51. The highest BCUT2D eigenvalue weighted by molar-refractivity contribution is 7.80. The van der Waals surface area contributed by atoms with E-state index in [1.165, 1.54) is 0 Å². The van der Waals surface area contributed by atoms with E-state index in [1.54, 1.807) is 18.2 Å². The fourth-order valence-corrected chi connectivity index (χ4v) is 1.44. The standard InChI is InChI=1S/C10H8N2OS/c1-6-10(14)12-8-4-7(5-11)2-3-9(8)13-6/h2-4,6H,1H3,(H,12,14). The Labute approximate surface area is 87.3 Å². The zero-order chi connectivity index (χ0) is 10.1. The number of fused-ring (bicyclic) bond motifs is 1. The van der Waals surface area contributed by atoms with Gasteiger partial charge in [0.2, 0.25) is 0 Å². The van der Waals surface area contributed by atoms with Crippen molar-refractivity contribution in [2.24, 2.45) is 0 Å². The largest absolute Gasteiger partial charge is 0.481 e. The number of rotatable bonds is 0. The van der Waals surface area contributed by atoms with Gasteiger partial charge in [-0.2, -0.15) is 5.26 Å². The Bertz CT molecular complexity index is 436. The highest BCUT2D eigenvalue weighted by Gasteiger charge is 2.20. The average molecular weight is 204 g/mol. The maximum atomic E-state index is 8.71. The van der Waals surface area contributed by atoms with Crippen molar-refractivity contribution in [1.29, 1.82) is 5.26 Å². The second-order valence-electron chi connectivity index (χ2n) is 3.07. The molecule has 1 unspecified atom stereocenters. The third-order valence-corrected chi connectivity index (χ3v) is 2.47. The Morgan fingerprint density at radius 1 is 1.57 bits per heavy atom. The lowest BCUT2D eigenvalue weighted by atomic mass is 10.1. The Kier molecular flexibility index (Phi) is 2.10. The molecule has 0 fully saturated rings. The van der Waals surface area contributed by atoms with Crippen LogP contribution in [0.5, 0.6) is 5.75 Å². The first-order valence-electron chi connectivity index (χ1n) is 4.22. The summed E-state index contributed by atoms with van der Waals surface area (Å²) >= 11 is 5.07. The molecule has 0 amide bonds. The van der Waals surface area contributed by atoms with Crippen LogP contribution in [-0.2, 0) is 0 Å². The van der Waals surface area contributed by atoms with Gasteiger partial charge in [-0.25, -0.2) is 0 Å². The molecule has 1 aromatic rings.